The van der Waals surface area contributed by atoms with Gasteiger partial charge in [0.2, 0.25) is 0 Å². The van der Waals surface area contributed by atoms with Crippen LogP contribution in [0.25, 0.3) is 9.53 Å². The van der Waals surface area contributed by atoms with Gasteiger partial charge in [0, 0.05) is 54.3 Å². The van der Waals surface area contributed by atoms with E-state index in [2.05, 4.69) is 25.9 Å². The molecule has 2 unspecified atom stereocenters. The van der Waals surface area contributed by atoms with E-state index in [0.717, 1.165) is 34.3 Å². The van der Waals surface area contributed by atoms with Crippen LogP contribution in [-0.4, -0.2) is 42.8 Å². The molecular formula is C21H23FN4OS2. The molecule has 29 heavy (non-hydrogen) atoms. The van der Waals surface area contributed by atoms with Crippen molar-refractivity contribution in [2.75, 3.05) is 29.9 Å². The average molecular weight is 431 g/mol. The molecule has 3 aliphatic rings. The number of piperazine rings is 1. The van der Waals surface area contributed by atoms with Crippen LogP contribution in [0, 0.1) is 12.7 Å². The molecule has 2 aromatic heterocycles. The summed E-state index contributed by atoms with van der Waals surface area (Å²) < 4.78 is 22.3. The maximum atomic E-state index is 15.0. The topological polar surface area (TPSA) is 49.4 Å². The predicted octanol–water partition coefficient (Wildman–Crippen LogP) is 4.16. The van der Waals surface area contributed by atoms with Crippen LogP contribution >= 0.6 is 22.7 Å². The van der Waals surface area contributed by atoms with Gasteiger partial charge in [-0.2, -0.15) is 0 Å². The van der Waals surface area contributed by atoms with E-state index in [-0.39, 0.29) is 11.9 Å². The second kappa shape index (κ2) is 6.82. The summed E-state index contributed by atoms with van der Waals surface area (Å²) in [7, 11) is 0. The number of aromatic nitrogens is 1. The molecule has 6 rings (SSSR count). The molecule has 5 nitrogen and oxygen atoms in total. The van der Waals surface area contributed by atoms with Gasteiger partial charge in [-0.05, 0) is 25.8 Å². The van der Waals surface area contributed by atoms with Gasteiger partial charge in [0.15, 0.2) is 0 Å². The minimum absolute atomic E-state index is 0.0538. The Balaban J connectivity index is 1.22. The molecule has 2 bridgehead atoms. The lowest BCUT2D eigenvalue weighted by Gasteiger charge is -2.35. The lowest BCUT2D eigenvalue weighted by molar-refractivity contribution is 0.268. The monoisotopic (exact) mass is 430 g/mol. The average Bonchev–Trinajstić information content (AvgIpc) is 3.36. The van der Waals surface area contributed by atoms with E-state index in [1.807, 2.05) is 13.0 Å². The third kappa shape index (κ3) is 3.17. The number of thiazole rings is 1. The Kier molecular flexibility index (Phi) is 4.21. The van der Waals surface area contributed by atoms with Gasteiger partial charge in [-0.3, -0.25) is 0 Å². The summed E-state index contributed by atoms with van der Waals surface area (Å²) in [5.74, 6) is 0.548. The molecule has 5 heterocycles. The summed E-state index contributed by atoms with van der Waals surface area (Å²) >= 11 is 3.34. The molecule has 2 fully saturated rings. The number of anilines is 2. The molecule has 1 aromatic carbocycles. The number of aryl methyl sites for hydroxylation is 1. The number of thiophene rings is 1. The Morgan fingerprint density at radius 3 is 2.93 bits per heavy atom. The van der Waals surface area contributed by atoms with Gasteiger partial charge in [-0.15, -0.1) is 22.7 Å². The molecule has 0 saturated carbocycles. The van der Waals surface area contributed by atoms with Gasteiger partial charge in [0.1, 0.15) is 23.0 Å². The molecule has 0 radical (unpaired) electrons. The molecule has 152 valence electrons. The van der Waals surface area contributed by atoms with E-state index in [1.54, 1.807) is 28.7 Å². The summed E-state index contributed by atoms with van der Waals surface area (Å²) in [5.41, 5.74) is 2.72. The van der Waals surface area contributed by atoms with Crippen LogP contribution in [0.2, 0.25) is 0 Å². The van der Waals surface area contributed by atoms with Crippen molar-refractivity contribution in [2.45, 2.75) is 44.3 Å². The number of nitrogens with one attached hydrogen (secondary N) is 2. The highest BCUT2D eigenvalue weighted by Gasteiger charge is 2.33. The first-order valence-corrected chi connectivity index (χ1v) is 11.9. The predicted molar refractivity (Wildman–Crippen MR) is 117 cm³/mol. The summed E-state index contributed by atoms with van der Waals surface area (Å²) in [4.78, 5) is 7.92. The van der Waals surface area contributed by atoms with Crippen molar-refractivity contribution < 1.29 is 9.13 Å². The Morgan fingerprint density at radius 2 is 2.10 bits per heavy atom. The highest BCUT2D eigenvalue weighted by Crippen LogP contribution is 2.38. The molecule has 3 aromatic rings. The van der Waals surface area contributed by atoms with E-state index in [9.17, 15) is 0 Å². The highest BCUT2D eigenvalue weighted by atomic mass is 32.1. The number of rotatable bonds is 3. The van der Waals surface area contributed by atoms with Crippen LogP contribution in [-0.2, 0) is 6.42 Å². The zero-order valence-electron chi connectivity index (χ0n) is 16.2. The standard InChI is InChI=1S/C21H23FN4OS2/c1-11-23-21-20(29-11)18(10-28-21)25-14-4-16-17(22)5-15(6-19(16)27-9-14)26-7-12-2-3-13(8-26)24-12/h5-6,10,12-14,24-25H,2-4,7-9H2,1H3/t12?,13?,14-/m1/s1. The number of halogens is 1. The van der Waals surface area contributed by atoms with Gasteiger partial charge in [-0.1, -0.05) is 0 Å². The molecule has 0 amide bonds. The van der Waals surface area contributed by atoms with Crippen molar-refractivity contribution in [2.24, 2.45) is 0 Å². The number of hydrogen-bond acceptors (Lipinski definition) is 7. The third-order valence-electron chi connectivity index (χ3n) is 6.21. The van der Waals surface area contributed by atoms with Crippen molar-refractivity contribution in [3.05, 3.63) is 33.9 Å². The maximum absolute atomic E-state index is 15.0. The van der Waals surface area contributed by atoms with Crippen molar-refractivity contribution in [1.29, 1.82) is 0 Å². The number of fused-ring (bicyclic) bond motifs is 4. The zero-order valence-corrected chi connectivity index (χ0v) is 17.8. The van der Waals surface area contributed by atoms with Crippen LogP contribution in [0.3, 0.4) is 0 Å². The largest absolute Gasteiger partial charge is 0.491 e. The van der Waals surface area contributed by atoms with Crippen molar-refractivity contribution in [3.63, 3.8) is 0 Å². The first kappa shape index (κ1) is 17.9. The van der Waals surface area contributed by atoms with Crippen molar-refractivity contribution >= 4 is 43.6 Å². The molecule has 0 aliphatic carbocycles. The molecule has 2 saturated heterocycles. The van der Waals surface area contributed by atoms with Gasteiger partial charge in [0.05, 0.1) is 21.4 Å². The zero-order chi connectivity index (χ0) is 19.5. The molecule has 2 N–H and O–H groups in total. The fourth-order valence-electron chi connectivity index (χ4n) is 4.85. The van der Waals surface area contributed by atoms with Crippen LogP contribution < -0.4 is 20.3 Å². The summed E-state index contributed by atoms with van der Waals surface area (Å²) in [5, 5.41) is 10.4. The number of nitrogens with zero attached hydrogens (tertiary/aromatic N) is 2. The molecule has 3 aliphatic heterocycles. The van der Waals surface area contributed by atoms with E-state index in [1.165, 1.54) is 17.5 Å². The molecule has 8 heteroatoms. The fourth-order valence-corrected chi connectivity index (χ4v) is 6.87. The number of hydrogen-bond donors (Lipinski definition) is 2. The fraction of sp³-hybridized carbons (Fsp3) is 0.476. The van der Waals surface area contributed by atoms with E-state index < -0.39 is 0 Å². The van der Waals surface area contributed by atoms with Crippen molar-refractivity contribution in [1.82, 2.24) is 10.3 Å². The van der Waals surface area contributed by atoms with Gasteiger partial charge < -0.3 is 20.3 Å². The minimum atomic E-state index is -0.154. The molecule has 3 atom stereocenters. The van der Waals surface area contributed by atoms with E-state index in [0.29, 0.717) is 36.4 Å². The van der Waals surface area contributed by atoms with Gasteiger partial charge >= 0.3 is 0 Å². The Morgan fingerprint density at radius 1 is 1.28 bits per heavy atom. The second-order valence-electron chi connectivity index (χ2n) is 8.32. The first-order chi connectivity index (χ1) is 14.1. The number of ether oxygens (including phenoxy) is 1. The Hall–Kier alpha value is -1.90. The third-order valence-corrected chi connectivity index (χ3v) is 8.21. The molecular weight excluding hydrogens is 407 g/mol. The number of benzene rings is 1. The lowest BCUT2D eigenvalue weighted by atomic mass is 10.0. The minimum Gasteiger partial charge on any atom is -0.491 e. The summed E-state index contributed by atoms with van der Waals surface area (Å²) in [6.07, 6.45) is 3.06. The van der Waals surface area contributed by atoms with E-state index in [4.69, 9.17) is 4.74 Å². The smallest absolute Gasteiger partial charge is 0.136 e. The van der Waals surface area contributed by atoms with Crippen LogP contribution in [0.1, 0.15) is 23.4 Å². The molecule has 0 spiro atoms. The summed E-state index contributed by atoms with van der Waals surface area (Å²) in [6, 6.07) is 4.85. The summed E-state index contributed by atoms with van der Waals surface area (Å²) in [6.45, 7) is 4.46. The highest BCUT2D eigenvalue weighted by molar-refractivity contribution is 7.27. The van der Waals surface area contributed by atoms with Crippen LogP contribution in [0.15, 0.2) is 17.5 Å². The Labute approximate surface area is 176 Å². The Bertz CT molecular complexity index is 1070. The first-order valence-electron chi connectivity index (χ1n) is 10.2. The van der Waals surface area contributed by atoms with Gasteiger partial charge in [-0.25, -0.2) is 9.37 Å². The van der Waals surface area contributed by atoms with Gasteiger partial charge in [0.25, 0.3) is 0 Å². The van der Waals surface area contributed by atoms with Crippen LogP contribution in [0.4, 0.5) is 15.8 Å². The maximum Gasteiger partial charge on any atom is 0.136 e. The van der Waals surface area contributed by atoms with Crippen LogP contribution in [0.5, 0.6) is 5.75 Å². The van der Waals surface area contributed by atoms with Crippen molar-refractivity contribution in [3.8, 4) is 5.75 Å². The quantitative estimate of drug-likeness (QED) is 0.653. The normalized spacial score (nSPS) is 25.9. The second-order valence-corrected chi connectivity index (χ2v) is 10.4. The lowest BCUT2D eigenvalue weighted by Crippen LogP contribution is -2.51. The SMILES string of the molecule is Cc1nc2scc(N[C@H]3COc4cc(N5CC6CCC(C5)N6)cc(F)c4C3)c2s1. The van der Waals surface area contributed by atoms with E-state index >= 15 is 4.39 Å².